The van der Waals surface area contributed by atoms with Gasteiger partial charge in [0.2, 0.25) is 0 Å². The number of carbonyl (C=O) groups is 1. The van der Waals surface area contributed by atoms with Gasteiger partial charge in [-0.2, -0.15) is 0 Å². The molecule has 6 nitrogen and oxygen atoms in total. The molecule has 0 aliphatic heterocycles. The van der Waals surface area contributed by atoms with Gasteiger partial charge in [-0.15, -0.1) is 0 Å². The molecule has 2 aromatic rings. The number of hydrogen-bond acceptors (Lipinski definition) is 6. The van der Waals surface area contributed by atoms with Gasteiger partial charge in [0.25, 0.3) is 0 Å². The summed E-state index contributed by atoms with van der Waals surface area (Å²) in [5.74, 6) is 0.370. The zero-order valence-electron chi connectivity index (χ0n) is 11.1. The number of aromatic nitrogens is 3. The Morgan fingerprint density at radius 3 is 2.60 bits per heavy atom. The third kappa shape index (κ3) is 3.42. The van der Waals surface area contributed by atoms with Crippen molar-refractivity contribution >= 4 is 50.8 Å². The first-order chi connectivity index (χ1) is 9.36. The van der Waals surface area contributed by atoms with Crippen LogP contribution in [-0.4, -0.2) is 26.0 Å². The zero-order chi connectivity index (χ0) is 14.9. The van der Waals surface area contributed by atoms with Crippen molar-refractivity contribution in [3.63, 3.8) is 0 Å². The Balaban J connectivity index is 2.34. The van der Waals surface area contributed by atoms with Crippen LogP contribution in [0, 0.1) is 10.6 Å². The Hall–Kier alpha value is -1.29. The standard InChI is InChI=1S/C12H13IN4O2S/c1-5(2)9-10(11(18)19)20-12(17-9)16-8-4-7(13)14-6(3)15-8/h4-5H,1-3H3,(H,18,19)(H,14,15,16,17). The molecule has 0 saturated heterocycles. The monoisotopic (exact) mass is 404 g/mol. The van der Waals surface area contributed by atoms with Gasteiger partial charge in [0, 0.05) is 6.07 Å². The predicted molar refractivity (Wildman–Crippen MR) is 85.9 cm³/mol. The molecular weight excluding hydrogens is 391 g/mol. The first kappa shape index (κ1) is 15.1. The van der Waals surface area contributed by atoms with Crippen LogP contribution in [0.5, 0.6) is 0 Å². The normalized spacial score (nSPS) is 10.8. The van der Waals surface area contributed by atoms with Gasteiger partial charge in [0.15, 0.2) is 5.13 Å². The number of nitrogens with one attached hydrogen (secondary N) is 1. The number of carboxylic acid groups (broad SMARTS) is 1. The van der Waals surface area contributed by atoms with Gasteiger partial charge >= 0.3 is 5.97 Å². The molecule has 2 aromatic heterocycles. The fraction of sp³-hybridized carbons (Fsp3) is 0.333. The van der Waals surface area contributed by atoms with Crippen LogP contribution >= 0.6 is 33.9 Å². The largest absolute Gasteiger partial charge is 0.477 e. The third-order valence-corrected chi connectivity index (χ3v) is 3.96. The van der Waals surface area contributed by atoms with Gasteiger partial charge in [-0.1, -0.05) is 25.2 Å². The van der Waals surface area contributed by atoms with E-state index in [9.17, 15) is 9.90 Å². The number of aryl methyl sites for hydroxylation is 1. The van der Waals surface area contributed by atoms with Crippen LogP contribution in [0.1, 0.15) is 41.0 Å². The highest BCUT2D eigenvalue weighted by atomic mass is 127. The first-order valence-corrected chi connectivity index (χ1v) is 7.78. The Morgan fingerprint density at radius 1 is 1.40 bits per heavy atom. The minimum atomic E-state index is -0.951. The lowest BCUT2D eigenvalue weighted by molar-refractivity contribution is 0.0700. The molecule has 0 aliphatic carbocycles. The molecular formula is C12H13IN4O2S. The Morgan fingerprint density at radius 2 is 2.10 bits per heavy atom. The number of carboxylic acids is 1. The van der Waals surface area contributed by atoms with Crippen LogP contribution in [0.3, 0.4) is 0 Å². The molecule has 0 spiro atoms. The number of thiazole rings is 1. The maximum Gasteiger partial charge on any atom is 0.347 e. The topological polar surface area (TPSA) is 88.0 Å². The Kier molecular flexibility index (Phi) is 4.53. The second-order valence-corrected chi connectivity index (χ2v) is 6.55. The highest BCUT2D eigenvalue weighted by Gasteiger charge is 2.19. The Bertz CT molecular complexity index is 637. The molecule has 2 heterocycles. The van der Waals surface area contributed by atoms with Crippen molar-refractivity contribution in [3.05, 3.63) is 26.2 Å². The molecule has 0 aromatic carbocycles. The van der Waals surface area contributed by atoms with E-state index in [1.165, 1.54) is 0 Å². The lowest BCUT2D eigenvalue weighted by Gasteiger charge is -2.03. The molecule has 0 saturated carbocycles. The molecule has 0 radical (unpaired) electrons. The summed E-state index contributed by atoms with van der Waals surface area (Å²) in [7, 11) is 0. The smallest absolute Gasteiger partial charge is 0.347 e. The molecule has 2 N–H and O–H groups in total. The van der Waals surface area contributed by atoms with Crippen LogP contribution in [0.25, 0.3) is 0 Å². The van der Waals surface area contributed by atoms with Crippen LogP contribution in [0.15, 0.2) is 6.07 Å². The average Bonchev–Trinajstić information content (AvgIpc) is 2.71. The third-order valence-electron chi connectivity index (χ3n) is 2.44. The summed E-state index contributed by atoms with van der Waals surface area (Å²) in [4.78, 5) is 24.3. The van der Waals surface area contributed by atoms with E-state index in [4.69, 9.17) is 0 Å². The molecule has 2 rings (SSSR count). The van der Waals surface area contributed by atoms with Gasteiger partial charge in [0.1, 0.15) is 20.2 Å². The maximum atomic E-state index is 11.2. The van der Waals surface area contributed by atoms with Crippen LogP contribution in [0.4, 0.5) is 10.9 Å². The number of halogens is 1. The van der Waals surface area contributed by atoms with Crippen molar-refractivity contribution in [2.45, 2.75) is 26.7 Å². The molecule has 0 fully saturated rings. The molecule has 0 amide bonds. The van der Waals surface area contributed by atoms with E-state index in [1.54, 1.807) is 13.0 Å². The van der Waals surface area contributed by atoms with E-state index in [2.05, 4.69) is 42.9 Å². The van der Waals surface area contributed by atoms with Crippen LogP contribution in [-0.2, 0) is 0 Å². The molecule has 20 heavy (non-hydrogen) atoms. The number of nitrogens with zero attached hydrogens (tertiary/aromatic N) is 3. The van der Waals surface area contributed by atoms with Crippen molar-refractivity contribution in [1.29, 1.82) is 0 Å². The van der Waals surface area contributed by atoms with Crippen molar-refractivity contribution in [1.82, 2.24) is 15.0 Å². The highest BCUT2D eigenvalue weighted by Crippen LogP contribution is 2.30. The number of hydrogen-bond donors (Lipinski definition) is 2. The SMILES string of the molecule is Cc1nc(I)cc(Nc2nc(C(C)C)c(C(=O)O)s2)n1. The summed E-state index contributed by atoms with van der Waals surface area (Å²) >= 11 is 3.22. The van der Waals surface area contributed by atoms with E-state index in [1.807, 2.05) is 13.8 Å². The fourth-order valence-corrected chi connectivity index (χ4v) is 3.25. The summed E-state index contributed by atoms with van der Waals surface area (Å²) < 4.78 is 0.816. The second kappa shape index (κ2) is 6.00. The highest BCUT2D eigenvalue weighted by molar-refractivity contribution is 14.1. The minimum absolute atomic E-state index is 0.0557. The van der Waals surface area contributed by atoms with E-state index < -0.39 is 5.97 Å². The van der Waals surface area contributed by atoms with Gasteiger partial charge in [-0.3, -0.25) is 0 Å². The van der Waals surface area contributed by atoms with Crippen LogP contribution < -0.4 is 5.32 Å². The zero-order valence-corrected chi connectivity index (χ0v) is 14.1. The van der Waals surface area contributed by atoms with Gasteiger partial charge in [0.05, 0.1) is 5.69 Å². The predicted octanol–water partition coefficient (Wildman–Crippen LogP) is 3.41. The summed E-state index contributed by atoms with van der Waals surface area (Å²) in [5.41, 5.74) is 0.588. The minimum Gasteiger partial charge on any atom is -0.477 e. The molecule has 0 bridgehead atoms. The molecule has 0 unspecified atom stereocenters. The van der Waals surface area contributed by atoms with Gasteiger partial charge in [-0.05, 0) is 35.4 Å². The number of rotatable bonds is 4. The first-order valence-electron chi connectivity index (χ1n) is 5.89. The van der Waals surface area contributed by atoms with E-state index in [0.29, 0.717) is 22.5 Å². The summed E-state index contributed by atoms with van der Waals surface area (Å²) in [6.07, 6.45) is 0. The van der Waals surface area contributed by atoms with Crippen molar-refractivity contribution in [2.24, 2.45) is 0 Å². The quantitative estimate of drug-likeness (QED) is 0.600. The molecule has 0 aliphatic rings. The van der Waals surface area contributed by atoms with E-state index in [-0.39, 0.29) is 10.8 Å². The van der Waals surface area contributed by atoms with Crippen molar-refractivity contribution in [2.75, 3.05) is 5.32 Å². The van der Waals surface area contributed by atoms with E-state index in [0.717, 1.165) is 15.0 Å². The lowest BCUT2D eigenvalue weighted by atomic mass is 10.1. The second-order valence-electron chi connectivity index (χ2n) is 4.44. The average molecular weight is 404 g/mol. The summed E-state index contributed by atoms with van der Waals surface area (Å²) in [6.45, 7) is 5.64. The molecule has 0 atom stereocenters. The Labute approximate surface area is 133 Å². The van der Waals surface area contributed by atoms with E-state index >= 15 is 0 Å². The number of anilines is 2. The summed E-state index contributed by atoms with van der Waals surface area (Å²) in [5, 5.41) is 12.8. The van der Waals surface area contributed by atoms with Crippen LogP contribution in [0.2, 0.25) is 0 Å². The molecule has 106 valence electrons. The van der Waals surface area contributed by atoms with Gasteiger partial charge < -0.3 is 10.4 Å². The molecule has 8 heteroatoms. The lowest BCUT2D eigenvalue weighted by Crippen LogP contribution is -2.00. The van der Waals surface area contributed by atoms with Crippen molar-refractivity contribution in [3.8, 4) is 0 Å². The number of aromatic carboxylic acids is 1. The maximum absolute atomic E-state index is 11.2. The summed E-state index contributed by atoms with van der Waals surface area (Å²) in [6, 6.07) is 1.78. The van der Waals surface area contributed by atoms with Gasteiger partial charge in [-0.25, -0.2) is 19.7 Å². The fourth-order valence-electron chi connectivity index (χ4n) is 1.63. The van der Waals surface area contributed by atoms with Crippen molar-refractivity contribution < 1.29 is 9.90 Å².